The van der Waals surface area contributed by atoms with Crippen molar-refractivity contribution in [3.05, 3.63) is 47.7 Å². The Labute approximate surface area is 172 Å². The first-order valence-corrected chi connectivity index (χ1v) is 10.3. The van der Waals surface area contributed by atoms with Crippen molar-refractivity contribution in [1.29, 1.82) is 5.26 Å². The molecule has 2 saturated heterocycles. The van der Waals surface area contributed by atoms with Gasteiger partial charge in [0.2, 0.25) is 5.95 Å². The highest BCUT2D eigenvalue weighted by Gasteiger charge is 2.25. The van der Waals surface area contributed by atoms with E-state index in [4.69, 9.17) is 15.0 Å². The molecule has 152 valence electrons. The zero-order valence-electron chi connectivity index (χ0n) is 17.0. The van der Waals surface area contributed by atoms with E-state index in [1.54, 1.807) is 0 Å². The summed E-state index contributed by atoms with van der Waals surface area (Å²) in [4.78, 5) is 16.4. The van der Waals surface area contributed by atoms with Gasteiger partial charge in [-0.3, -0.25) is 4.90 Å². The van der Waals surface area contributed by atoms with Crippen molar-refractivity contribution in [3.8, 4) is 6.07 Å². The maximum absolute atomic E-state index is 8.97. The summed E-state index contributed by atoms with van der Waals surface area (Å²) in [7, 11) is 2.11. The quantitative estimate of drug-likeness (QED) is 0.773. The van der Waals surface area contributed by atoms with Gasteiger partial charge >= 0.3 is 0 Å². The molecular formula is C22H28N6O. The number of aromatic nitrogens is 2. The third-order valence-corrected chi connectivity index (χ3v) is 5.80. The normalized spacial score (nSPS) is 20.3. The van der Waals surface area contributed by atoms with Gasteiger partial charge in [-0.2, -0.15) is 10.2 Å². The summed E-state index contributed by atoms with van der Waals surface area (Å²) in [5.74, 6) is 1.77. The molecule has 3 heterocycles. The Morgan fingerprint density at radius 3 is 2.72 bits per heavy atom. The molecule has 7 heteroatoms. The van der Waals surface area contributed by atoms with Gasteiger partial charge in [-0.05, 0) is 43.1 Å². The second-order valence-electron chi connectivity index (χ2n) is 7.77. The highest BCUT2D eigenvalue weighted by molar-refractivity contribution is 5.44. The average Bonchev–Trinajstić information content (AvgIpc) is 2.80. The Morgan fingerprint density at radius 1 is 1.17 bits per heavy atom. The number of anilines is 2. The second kappa shape index (κ2) is 9.21. The van der Waals surface area contributed by atoms with Crippen LogP contribution in [0.15, 0.2) is 36.5 Å². The van der Waals surface area contributed by atoms with Gasteiger partial charge in [-0.15, -0.1) is 0 Å². The van der Waals surface area contributed by atoms with Crippen LogP contribution in [0.25, 0.3) is 0 Å². The molecule has 0 saturated carbocycles. The summed E-state index contributed by atoms with van der Waals surface area (Å²) in [5, 5.41) is 8.97. The van der Waals surface area contributed by atoms with Gasteiger partial charge in [0.25, 0.3) is 0 Å². The zero-order chi connectivity index (χ0) is 20.1. The summed E-state index contributed by atoms with van der Waals surface area (Å²) < 4.78 is 5.45. The topological polar surface area (TPSA) is 68.5 Å². The molecule has 2 aromatic rings. The number of ether oxygens (including phenoxy) is 1. The van der Waals surface area contributed by atoms with Gasteiger partial charge < -0.3 is 14.5 Å². The standard InChI is InChI=1S/C22H28N6O/c1-26(22-24-9-8-21(25-22)28-11-13-29-14-12-28)20-3-2-10-27(17-20)16-19-6-4-18(15-23)5-7-19/h4-9,20H,2-3,10-14,16-17H2,1H3. The Morgan fingerprint density at radius 2 is 1.97 bits per heavy atom. The van der Waals surface area contributed by atoms with Crippen molar-refractivity contribution in [3.63, 3.8) is 0 Å². The number of likely N-dealkylation sites (N-methyl/N-ethyl adjacent to an activating group) is 1. The number of hydrogen-bond acceptors (Lipinski definition) is 7. The minimum Gasteiger partial charge on any atom is -0.378 e. The third kappa shape index (κ3) is 4.84. The summed E-state index contributed by atoms with van der Waals surface area (Å²) >= 11 is 0. The fourth-order valence-corrected chi connectivity index (χ4v) is 4.07. The summed E-state index contributed by atoms with van der Waals surface area (Å²) in [6, 6.07) is 12.5. The van der Waals surface area contributed by atoms with Gasteiger partial charge in [-0.1, -0.05) is 12.1 Å². The summed E-state index contributed by atoms with van der Waals surface area (Å²) in [6.45, 7) is 6.25. The molecule has 1 aromatic heterocycles. The molecule has 0 N–H and O–H groups in total. The monoisotopic (exact) mass is 392 g/mol. The number of morpholine rings is 1. The highest BCUT2D eigenvalue weighted by Crippen LogP contribution is 2.22. The molecule has 4 rings (SSSR count). The number of nitriles is 1. The lowest BCUT2D eigenvalue weighted by Crippen LogP contribution is -2.47. The molecule has 29 heavy (non-hydrogen) atoms. The number of hydrogen-bond donors (Lipinski definition) is 0. The molecule has 7 nitrogen and oxygen atoms in total. The van der Waals surface area contributed by atoms with Gasteiger partial charge in [-0.25, -0.2) is 4.98 Å². The SMILES string of the molecule is CN(c1nccc(N2CCOCC2)n1)C1CCCN(Cc2ccc(C#N)cc2)C1. The molecule has 0 bridgehead atoms. The lowest BCUT2D eigenvalue weighted by atomic mass is 10.0. The van der Waals surface area contributed by atoms with Gasteiger partial charge in [0.15, 0.2) is 0 Å². The average molecular weight is 393 g/mol. The van der Waals surface area contributed by atoms with Crippen LogP contribution in [-0.4, -0.2) is 67.4 Å². The van der Waals surface area contributed by atoms with Crippen molar-refractivity contribution in [2.24, 2.45) is 0 Å². The molecule has 2 aliphatic rings. The molecule has 1 atom stereocenters. The Balaban J connectivity index is 1.40. The molecule has 0 spiro atoms. The van der Waals surface area contributed by atoms with Gasteiger partial charge in [0.05, 0.1) is 24.8 Å². The Kier molecular flexibility index (Phi) is 6.23. The van der Waals surface area contributed by atoms with E-state index in [9.17, 15) is 0 Å². The first-order chi connectivity index (χ1) is 14.2. The third-order valence-electron chi connectivity index (χ3n) is 5.80. The van der Waals surface area contributed by atoms with E-state index in [-0.39, 0.29) is 0 Å². The van der Waals surface area contributed by atoms with E-state index in [0.29, 0.717) is 11.6 Å². The minimum absolute atomic E-state index is 0.391. The van der Waals surface area contributed by atoms with Crippen LogP contribution < -0.4 is 9.80 Å². The Hall–Kier alpha value is -2.69. The largest absolute Gasteiger partial charge is 0.378 e. The second-order valence-corrected chi connectivity index (χ2v) is 7.77. The molecule has 0 amide bonds. The number of likely N-dealkylation sites (tertiary alicyclic amines) is 1. The van der Waals surface area contributed by atoms with E-state index in [1.807, 2.05) is 24.4 Å². The molecule has 0 radical (unpaired) electrons. The van der Waals surface area contributed by atoms with E-state index in [1.165, 1.54) is 5.56 Å². The first-order valence-electron chi connectivity index (χ1n) is 10.3. The smallest absolute Gasteiger partial charge is 0.227 e. The number of piperidine rings is 1. The lowest BCUT2D eigenvalue weighted by Gasteiger charge is -2.38. The van der Waals surface area contributed by atoms with Crippen molar-refractivity contribution >= 4 is 11.8 Å². The van der Waals surface area contributed by atoms with E-state index in [2.05, 4.69) is 44.9 Å². The first kappa shape index (κ1) is 19.6. The van der Waals surface area contributed by atoms with Gasteiger partial charge in [0.1, 0.15) is 5.82 Å². The van der Waals surface area contributed by atoms with Crippen LogP contribution in [0.3, 0.4) is 0 Å². The molecule has 0 aliphatic carbocycles. The number of nitrogens with zero attached hydrogens (tertiary/aromatic N) is 6. The van der Waals surface area contributed by atoms with E-state index in [0.717, 1.165) is 70.5 Å². The van der Waals surface area contributed by atoms with Crippen molar-refractivity contribution in [1.82, 2.24) is 14.9 Å². The maximum Gasteiger partial charge on any atom is 0.227 e. The fraction of sp³-hybridized carbons (Fsp3) is 0.500. The van der Waals surface area contributed by atoms with E-state index >= 15 is 0 Å². The fourth-order valence-electron chi connectivity index (χ4n) is 4.07. The summed E-state index contributed by atoms with van der Waals surface area (Å²) in [6.07, 6.45) is 4.17. The number of rotatable bonds is 5. The number of benzene rings is 1. The molecule has 1 unspecified atom stereocenters. The van der Waals surface area contributed by atoms with Crippen molar-refractivity contribution < 1.29 is 4.74 Å². The van der Waals surface area contributed by atoms with Gasteiger partial charge in [0, 0.05) is 45.5 Å². The van der Waals surface area contributed by atoms with Crippen LogP contribution in [0, 0.1) is 11.3 Å². The minimum atomic E-state index is 0.391. The van der Waals surface area contributed by atoms with Crippen LogP contribution in [0.1, 0.15) is 24.0 Å². The van der Waals surface area contributed by atoms with Crippen LogP contribution in [-0.2, 0) is 11.3 Å². The highest BCUT2D eigenvalue weighted by atomic mass is 16.5. The molecular weight excluding hydrogens is 364 g/mol. The van der Waals surface area contributed by atoms with Crippen LogP contribution >= 0.6 is 0 Å². The van der Waals surface area contributed by atoms with Crippen molar-refractivity contribution in [2.75, 3.05) is 56.2 Å². The summed E-state index contributed by atoms with van der Waals surface area (Å²) in [5.41, 5.74) is 1.96. The molecule has 2 fully saturated rings. The van der Waals surface area contributed by atoms with Crippen LogP contribution in [0.2, 0.25) is 0 Å². The lowest BCUT2D eigenvalue weighted by molar-refractivity contribution is 0.122. The van der Waals surface area contributed by atoms with E-state index < -0.39 is 0 Å². The van der Waals surface area contributed by atoms with Crippen LogP contribution in [0.5, 0.6) is 0 Å². The zero-order valence-corrected chi connectivity index (χ0v) is 17.0. The molecule has 2 aliphatic heterocycles. The van der Waals surface area contributed by atoms with Crippen molar-refractivity contribution in [2.45, 2.75) is 25.4 Å². The predicted molar refractivity (Wildman–Crippen MR) is 113 cm³/mol. The Bertz CT molecular complexity index is 843. The van der Waals surface area contributed by atoms with Crippen LogP contribution in [0.4, 0.5) is 11.8 Å². The predicted octanol–water partition coefficient (Wildman–Crippen LogP) is 2.29. The molecule has 1 aromatic carbocycles. The maximum atomic E-state index is 8.97.